The third-order valence-corrected chi connectivity index (χ3v) is 2.02. The van der Waals surface area contributed by atoms with E-state index in [0.29, 0.717) is 0 Å². The van der Waals surface area contributed by atoms with Crippen molar-refractivity contribution in [3.8, 4) is 5.88 Å². The van der Waals surface area contributed by atoms with Crippen molar-refractivity contribution >= 4 is 11.6 Å². The van der Waals surface area contributed by atoms with Crippen LogP contribution in [0.5, 0.6) is 5.88 Å². The number of aliphatic hydroxyl groups is 1. The molecule has 0 aliphatic carbocycles. The molecule has 0 amide bonds. The maximum atomic E-state index is 11.8. The Hall–Kier alpha value is -1.01. The molecule has 16 heavy (non-hydrogen) atoms. The number of aliphatic hydroxyl groups excluding tert-OH is 1. The molecule has 90 valence electrons. The minimum absolute atomic E-state index is 0.0118. The quantitative estimate of drug-likeness (QED) is 0.899. The Labute approximate surface area is 94.8 Å². The number of aromatic nitrogens is 1. The first-order valence-corrected chi connectivity index (χ1v) is 4.76. The van der Waals surface area contributed by atoms with Gasteiger partial charge < -0.3 is 9.84 Å². The van der Waals surface area contributed by atoms with Crippen LogP contribution in [0, 0.1) is 0 Å². The molecule has 1 aromatic rings. The summed E-state index contributed by atoms with van der Waals surface area (Å²) in [5, 5.41) is 9.06. The zero-order chi connectivity index (χ0) is 12.2. The highest BCUT2D eigenvalue weighted by molar-refractivity contribution is 6.31. The molecule has 0 unspecified atom stereocenters. The van der Waals surface area contributed by atoms with E-state index in [1.807, 2.05) is 0 Å². The Morgan fingerprint density at radius 1 is 1.38 bits per heavy atom. The topological polar surface area (TPSA) is 42.4 Å². The lowest BCUT2D eigenvalue weighted by Gasteiger charge is -2.09. The predicted molar refractivity (Wildman–Crippen MR) is 51.3 cm³/mol. The summed E-state index contributed by atoms with van der Waals surface area (Å²) in [4.78, 5) is 3.74. The van der Waals surface area contributed by atoms with Crippen LogP contribution in [-0.4, -0.2) is 22.9 Å². The van der Waals surface area contributed by atoms with E-state index in [2.05, 4.69) is 4.98 Å². The molecule has 1 N–H and O–H groups in total. The van der Waals surface area contributed by atoms with E-state index in [1.165, 1.54) is 12.1 Å². The Morgan fingerprint density at radius 2 is 2.06 bits per heavy atom. The maximum absolute atomic E-state index is 11.8. The van der Waals surface area contributed by atoms with Crippen molar-refractivity contribution in [3.63, 3.8) is 0 Å². The van der Waals surface area contributed by atoms with Gasteiger partial charge in [0.05, 0.1) is 30.4 Å². The summed E-state index contributed by atoms with van der Waals surface area (Å²) in [6, 6.07) is 2.75. The van der Waals surface area contributed by atoms with Crippen molar-refractivity contribution < 1.29 is 23.0 Å². The van der Waals surface area contributed by atoms with Crippen LogP contribution < -0.4 is 4.74 Å². The highest BCUT2D eigenvalue weighted by Gasteiger charge is 2.26. The molecule has 0 bridgehead atoms. The zero-order valence-corrected chi connectivity index (χ0v) is 8.85. The monoisotopic (exact) mass is 255 g/mol. The number of pyridine rings is 1. The molecule has 1 heterocycles. The Morgan fingerprint density at radius 3 is 2.62 bits per heavy atom. The van der Waals surface area contributed by atoms with E-state index in [-0.39, 0.29) is 16.6 Å². The van der Waals surface area contributed by atoms with Crippen molar-refractivity contribution in [2.45, 2.75) is 19.2 Å². The summed E-state index contributed by atoms with van der Waals surface area (Å²) < 4.78 is 40.2. The standard InChI is InChI=1S/C9H9ClF3NO2/c10-6-1-2-8(14-7(6)5-15)16-4-3-9(11,12)13/h1-2,15H,3-5H2. The minimum Gasteiger partial charge on any atom is -0.477 e. The molecule has 7 heteroatoms. The van der Waals surface area contributed by atoms with Gasteiger partial charge in [0.1, 0.15) is 0 Å². The lowest BCUT2D eigenvalue weighted by Crippen LogP contribution is -2.13. The molecular weight excluding hydrogens is 247 g/mol. The van der Waals surface area contributed by atoms with Gasteiger partial charge in [-0.15, -0.1) is 0 Å². The molecule has 0 saturated carbocycles. The van der Waals surface area contributed by atoms with E-state index in [9.17, 15) is 13.2 Å². The molecule has 0 atom stereocenters. The second kappa shape index (κ2) is 5.36. The SMILES string of the molecule is OCc1nc(OCCC(F)(F)F)ccc1Cl. The summed E-state index contributed by atoms with van der Waals surface area (Å²) in [6.07, 6.45) is -5.31. The molecule has 0 aromatic carbocycles. The summed E-state index contributed by atoms with van der Waals surface area (Å²) in [7, 11) is 0. The fraction of sp³-hybridized carbons (Fsp3) is 0.444. The maximum Gasteiger partial charge on any atom is 0.392 e. The van der Waals surface area contributed by atoms with Gasteiger partial charge in [0.25, 0.3) is 0 Å². The molecule has 1 aromatic heterocycles. The molecule has 0 radical (unpaired) electrons. The number of hydrogen-bond donors (Lipinski definition) is 1. The second-order valence-electron chi connectivity index (χ2n) is 2.95. The molecule has 0 spiro atoms. The molecule has 0 aliphatic heterocycles. The van der Waals surface area contributed by atoms with E-state index in [1.54, 1.807) is 0 Å². The number of hydrogen-bond acceptors (Lipinski definition) is 3. The zero-order valence-electron chi connectivity index (χ0n) is 8.09. The summed E-state index contributed by atoms with van der Waals surface area (Å²) in [6.45, 7) is -0.904. The number of nitrogens with zero attached hydrogens (tertiary/aromatic N) is 1. The van der Waals surface area contributed by atoms with Gasteiger partial charge in [0.2, 0.25) is 5.88 Å². The first-order valence-electron chi connectivity index (χ1n) is 4.38. The highest BCUT2D eigenvalue weighted by Crippen LogP contribution is 2.21. The minimum atomic E-state index is -4.26. The highest BCUT2D eigenvalue weighted by atomic mass is 35.5. The van der Waals surface area contributed by atoms with Gasteiger partial charge in [-0.25, -0.2) is 4.98 Å². The van der Waals surface area contributed by atoms with Crippen LogP contribution in [0.25, 0.3) is 0 Å². The van der Waals surface area contributed by atoms with Crippen molar-refractivity contribution in [2.75, 3.05) is 6.61 Å². The van der Waals surface area contributed by atoms with Crippen LogP contribution in [0.15, 0.2) is 12.1 Å². The van der Waals surface area contributed by atoms with Gasteiger partial charge in [-0.3, -0.25) is 0 Å². The Balaban J connectivity index is 2.55. The fourth-order valence-electron chi connectivity index (χ4n) is 0.927. The Bertz CT molecular complexity index is 357. The van der Waals surface area contributed by atoms with Crippen LogP contribution in [0.2, 0.25) is 5.02 Å². The first kappa shape index (κ1) is 13.1. The largest absolute Gasteiger partial charge is 0.477 e. The second-order valence-corrected chi connectivity index (χ2v) is 3.36. The molecule has 0 aliphatic rings. The molecular formula is C9H9ClF3NO2. The van der Waals surface area contributed by atoms with E-state index >= 15 is 0 Å². The van der Waals surface area contributed by atoms with E-state index < -0.39 is 25.8 Å². The van der Waals surface area contributed by atoms with Gasteiger partial charge in [-0.05, 0) is 6.07 Å². The van der Waals surface area contributed by atoms with Gasteiger partial charge >= 0.3 is 6.18 Å². The summed E-state index contributed by atoms with van der Waals surface area (Å²) in [5.74, 6) is 0.0118. The van der Waals surface area contributed by atoms with E-state index in [0.717, 1.165) is 0 Å². The van der Waals surface area contributed by atoms with Gasteiger partial charge in [-0.2, -0.15) is 13.2 Å². The van der Waals surface area contributed by atoms with Crippen molar-refractivity contribution in [3.05, 3.63) is 22.8 Å². The lowest BCUT2D eigenvalue weighted by atomic mass is 10.3. The van der Waals surface area contributed by atoms with Crippen LogP contribution in [0.1, 0.15) is 12.1 Å². The predicted octanol–water partition coefficient (Wildman–Crippen LogP) is 2.56. The fourth-order valence-corrected chi connectivity index (χ4v) is 1.09. The van der Waals surface area contributed by atoms with Crippen molar-refractivity contribution in [1.82, 2.24) is 4.98 Å². The average molecular weight is 256 g/mol. The van der Waals surface area contributed by atoms with Gasteiger partial charge in [-0.1, -0.05) is 11.6 Å². The lowest BCUT2D eigenvalue weighted by molar-refractivity contribution is -0.139. The number of rotatable bonds is 4. The average Bonchev–Trinajstić information content (AvgIpc) is 2.18. The smallest absolute Gasteiger partial charge is 0.392 e. The normalized spacial score (nSPS) is 11.6. The van der Waals surface area contributed by atoms with E-state index in [4.69, 9.17) is 21.4 Å². The van der Waals surface area contributed by atoms with Crippen molar-refractivity contribution in [1.29, 1.82) is 0 Å². The van der Waals surface area contributed by atoms with Crippen molar-refractivity contribution in [2.24, 2.45) is 0 Å². The summed E-state index contributed by atoms with van der Waals surface area (Å²) in [5.41, 5.74) is 0.172. The van der Waals surface area contributed by atoms with Crippen LogP contribution in [-0.2, 0) is 6.61 Å². The molecule has 1 rings (SSSR count). The van der Waals surface area contributed by atoms with Gasteiger partial charge in [0, 0.05) is 6.07 Å². The number of alkyl halides is 3. The third kappa shape index (κ3) is 4.24. The third-order valence-electron chi connectivity index (χ3n) is 1.68. The van der Waals surface area contributed by atoms with Crippen LogP contribution in [0.3, 0.4) is 0 Å². The summed E-state index contributed by atoms with van der Waals surface area (Å²) >= 11 is 5.64. The van der Waals surface area contributed by atoms with Crippen LogP contribution >= 0.6 is 11.6 Å². The molecule has 0 saturated heterocycles. The first-order chi connectivity index (χ1) is 7.42. The molecule has 0 fully saturated rings. The number of halogens is 4. The van der Waals surface area contributed by atoms with Gasteiger partial charge in [0.15, 0.2) is 0 Å². The number of ether oxygens (including phenoxy) is 1. The Kier molecular flexibility index (Phi) is 4.37. The molecule has 3 nitrogen and oxygen atoms in total. The van der Waals surface area contributed by atoms with Crippen LogP contribution in [0.4, 0.5) is 13.2 Å².